The van der Waals surface area contributed by atoms with E-state index < -0.39 is 0 Å². The van der Waals surface area contributed by atoms with Crippen LogP contribution in [0.2, 0.25) is 0 Å². The second kappa shape index (κ2) is 6.23. The van der Waals surface area contributed by atoms with Crippen molar-refractivity contribution in [2.75, 3.05) is 20.1 Å². The summed E-state index contributed by atoms with van der Waals surface area (Å²) in [6.45, 7) is 6.00. The fourth-order valence-corrected chi connectivity index (χ4v) is 4.41. The number of hydrogen-bond donors (Lipinski definition) is 0. The van der Waals surface area contributed by atoms with Crippen LogP contribution in [0.1, 0.15) is 47.4 Å². The van der Waals surface area contributed by atoms with E-state index in [2.05, 4.69) is 60.0 Å². The minimum atomic E-state index is -0.00840. The second-order valence-corrected chi connectivity index (χ2v) is 7.40. The van der Waals surface area contributed by atoms with Gasteiger partial charge in [-0.2, -0.15) is 0 Å². The molecule has 4 rings (SSSR count). The Morgan fingerprint density at radius 1 is 1.20 bits per heavy atom. The van der Waals surface area contributed by atoms with Crippen molar-refractivity contribution in [3.05, 3.63) is 59.7 Å². The molecule has 0 saturated carbocycles. The third-order valence-electron chi connectivity index (χ3n) is 5.81. The van der Waals surface area contributed by atoms with Gasteiger partial charge in [0.1, 0.15) is 5.69 Å². The van der Waals surface area contributed by atoms with Gasteiger partial charge in [-0.15, -0.1) is 0 Å². The summed E-state index contributed by atoms with van der Waals surface area (Å²) in [4.78, 5) is 25.4. The maximum atomic E-state index is 12.8. The topological polar surface area (TPSA) is 49.3 Å². The lowest BCUT2D eigenvalue weighted by molar-refractivity contribution is 0.0762. The van der Waals surface area contributed by atoms with Crippen molar-refractivity contribution in [1.29, 1.82) is 0 Å². The Balaban J connectivity index is 1.65. The average Bonchev–Trinajstić information content (AvgIpc) is 3.18. The SMILES string of the molecule is CC(C)N(C)[C@@H]1c2ccccc2[C@H]2CN(C(=O)c3cnccn3)C[C@H]21. The highest BCUT2D eigenvalue weighted by molar-refractivity contribution is 5.92. The van der Waals surface area contributed by atoms with Gasteiger partial charge < -0.3 is 4.90 Å². The zero-order chi connectivity index (χ0) is 17.6. The van der Waals surface area contributed by atoms with Gasteiger partial charge in [-0.05, 0) is 32.0 Å². The Labute approximate surface area is 148 Å². The molecule has 2 aliphatic rings. The van der Waals surface area contributed by atoms with Gasteiger partial charge in [0.15, 0.2) is 0 Å². The predicted octanol–water partition coefficient (Wildman–Crippen LogP) is 2.73. The summed E-state index contributed by atoms with van der Waals surface area (Å²) >= 11 is 0. The number of carbonyl (C=O) groups excluding carboxylic acids is 1. The Morgan fingerprint density at radius 2 is 1.96 bits per heavy atom. The van der Waals surface area contributed by atoms with Gasteiger partial charge in [0, 0.05) is 49.4 Å². The lowest BCUT2D eigenvalue weighted by Crippen LogP contribution is -2.36. The van der Waals surface area contributed by atoms with Crippen LogP contribution in [0.15, 0.2) is 42.9 Å². The standard InChI is InChI=1S/C20H24N4O/c1-13(2)23(3)19-15-7-5-4-6-14(15)16-11-24(12-17(16)19)20(25)18-10-21-8-9-22-18/h4-10,13,16-17,19H,11-12H2,1-3H3/t16-,17-,19-/m1/s1. The van der Waals surface area contributed by atoms with Gasteiger partial charge in [0.25, 0.3) is 5.91 Å². The molecule has 0 unspecified atom stereocenters. The molecule has 1 fully saturated rings. The first-order valence-corrected chi connectivity index (χ1v) is 8.94. The number of hydrogen-bond acceptors (Lipinski definition) is 4. The van der Waals surface area contributed by atoms with Crippen LogP contribution in [-0.4, -0.2) is 51.9 Å². The number of aromatic nitrogens is 2. The second-order valence-electron chi connectivity index (χ2n) is 7.40. The molecular formula is C20H24N4O. The molecule has 0 spiro atoms. The number of rotatable bonds is 3. The van der Waals surface area contributed by atoms with Crippen molar-refractivity contribution < 1.29 is 4.79 Å². The molecule has 0 N–H and O–H groups in total. The minimum Gasteiger partial charge on any atom is -0.336 e. The van der Waals surface area contributed by atoms with Gasteiger partial charge >= 0.3 is 0 Å². The van der Waals surface area contributed by atoms with Crippen LogP contribution >= 0.6 is 0 Å². The first-order valence-electron chi connectivity index (χ1n) is 8.94. The summed E-state index contributed by atoms with van der Waals surface area (Å²) in [5.41, 5.74) is 3.27. The fourth-order valence-electron chi connectivity index (χ4n) is 4.41. The van der Waals surface area contributed by atoms with Crippen LogP contribution in [-0.2, 0) is 0 Å². The van der Waals surface area contributed by atoms with Gasteiger partial charge in [-0.25, -0.2) is 4.98 Å². The maximum Gasteiger partial charge on any atom is 0.274 e. The molecule has 1 amide bonds. The Bertz CT molecular complexity index is 776. The monoisotopic (exact) mass is 336 g/mol. The summed E-state index contributed by atoms with van der Waals surface area (Å²) in [5, 5.41) is 0. The summed E-state index contributed by atoms with van der Waals surface area (Å²) in [5.74, 6) is 0.833. The van der Waals surface area contributed by atoms with E-state index in [4.69, 9.17) is 0 Å². The number of amides is 1. The first-order chi connectivity index (χ1) is 12.1. The van der Waals surface area contributed by atoms with Crippen molar-refractivity contribution >= 4 is 5.91 Å². The number of nitrogens with zero attached hydrogens (tertiary/aromatic N) is 4. The van der Waals surface area contributed by atoms with E-state index in [0.29, 0.717) is 29.6 Å². The molecule has 2 heterocycles. The molecule has 1 aliphatic carbocycles. The highest BCUT2D eigenvalue weighted by Crippen LogP contribution is 2.51. The lowest BCUT2D eigenvalue weighted by atomic mass is 9.93. The quantitative estimate of drug-likeness (QED) is 0.865. The summed E-state index contributed by atoms with van der Waals surface area (Å²) in [7, 11) is 2.20. The van der Waals surface area contributed by atoms with Gasteiger partial charge in [0.2, 0.25) is 0 Å². The number of fused-ring (bicyclic) bond motifs is 3. The molecule has 1 saturated heterocycles. The van der Waals surface area contributed by atoms with Gasteiger partial charge in [-0.1, -0.05) is 24.3 Å². The molecule has 5 heteroatoms. The van der Waals surface area contributed by atoms with E-state index in [0.717, 1.165) is 13.1 Å². The molecule has 130 valence electrons. The molecule has 3 atom stereocenters. The van der Waals surface area contributed by atoms with Crippen molar-refractivity contribution in [3.8, 4) is 0 Å². The van der Waals surface area contributed by atoms with Crippen LogP contribution < -0.4 is 0 Å². The molecule has 5 nitrogen and oxygen atoms in total. The van der Waals surface area contributed by atoms with Crippen molar-refractivity contribution in [1.82, 2.24) is 19.8 Å². The van der Waals surface area contributed by atoms with Crippen LogP contribution in [0.25, 0.3) is 0 Å². The van der Waals surface area contributed by atoms with E-state index in [1.807, 2.05) is 4.90 Å². The van der Waals surface area contributed by atoms with E-state index in [1.165, 1.54) is 11.1 Å². The summed E-state index contributed by atoms with van der Waals surface area (Å²) in [6.07, 6.45) is 4.73. The third kappa shape index (κ3) is 2.63. The van der Waals surface area contributed by atoms with E-state index >= 15 is 0 Å². The van der Waals surface area contributed by atoms with Crippen LogP contribution in [0.4, 0.5) is 0 Å². The van der Waals surface area contributed by atoms with Crippen LogP contribution in [0.5, 0.6) is 0 Å². The third-order valence-corrected chi connectivity index (χ3v) is 5.81. The fraction of sp³-hybridized carbons (Fsp3) is 0.450. The summed E-state index contributed by atoms with van der Waals surface area (Å²) in [6, 6.07) is 9.55. The van der Waals surface area contributed by atoms with E-state index in [9.17, 15) is 4.79 Å². The highest BCUT2D eigenvalue weighted by Gasteiger charge is 2.49. The first kappa shape index (κ1) is 16.2. The Hall–Kier alpha value is -2.27. The number of carbonyl (C=O) groups is 1. The van der Waals surface area contributed by atoms with Crippen molar-refractivity contribution in [2.45, 2.75) is 31.8 Å². The Morgan fingerprint density at radius 3 is 2.64 bits per heavy atom. The molecule has 0 radical (unpaired) electrons. The lowest BCUT2D eigenvalue weighted by Gasteiger charge is -2.33. The largest absolute Gasteiger partial charge is 0.336 e. The van der Waals surface area contributed by atoms with Gasteiger partial charge in [-0.3, -0.25) is 14.7 Å². The summed E-state index contributed by atoms with van der Waals surface area (Å²) < 4.78 is 0. The van der Waals surface area contributed by atoms with Crippen LogP contribution in [0.3, 0.4) is 0 Å². The molecule has 1 aliphatic heterocycles. The van der Waals surface area contributed by atoms with Crippen molar-refractivity contribution in [3.63, 3.8) is 0 Å². The molecule has 1 aromatic heterocycles. The normalized spacial score (nSPS) is 24.7. The maximum absolute atomic E-state index is 12.8. The number of likely N-dealkylation sites (tertiary alicyclic amines) is 1. The van der Waals surface area contributed by atoms with E-state index in [-0.39, 0.29) is 5.91 Å². The molecule has 0 bridgehead atoms. The predicted molar refractivity (Wildman–Crippen MR) is 96.2 cm³/mol. The smallest absolute Gasteiger partial charge is 0.274 e. The van der Waals surface area contributed by atoms with Crippen LogP contribution in [0, 0.1) is 5.92 Å². The average molecular weight is 336 g/mol. The van der Waals surface area contributed by atoms with E-state index in [1.54, 1.807) is 18.6 Å². The Kier molecular flexibility index (Phi) is 4.04. The zero-order valence-corrected chi connectivity index (χ0v) is 15.0. The van der Waals surface area contributed by atoms with Crippen molar-refractivity contribution in [2.24, 2.45) is 5.92 Å². The highest BCUT2D eigenvalue weighted by atomic mass is 16.2. The molecular weight excluding hydrogens is 312 g/mol. The van der Waals surface area contributed by atoms with Gasteiger partial charge in [0.05, 0.1) is 6.20 Å². The minimum absolute atomic E-state index is 0.00840. The molecule has 1 aromatic carbocycles. The zero-order valence-electron chi connectivity index (χ0n) is 15.0. The number of benzene rings is 1. The molecule has 25 heavy (non-hydrogen) atoms. The molecule has 2 aromatic rings.